The SMILES string of the molecule is N#Cc1ncccc1S(=O)(=O)N1CCC2CCCCC21. The fourth-order valence-corrected chi connectivity index (χ4v) is 5.30. The zero-order chi connectivity index (χ0) is 14.2. The molecular weight excluding hydrogens is 274 g/mol. The second-order valence-electron chi connectivity index (χ2n) is 5.48. The Labute approximate surface area is 119 Å². The van der Waals surface area contributed by atoms with Gasteiger partial charge in [-0.3, -0.25) is 0 Å². The molecule has 1 saturated heterocycles. The van der Waals surface area contributed by atoms with Crippen molar-refractivity contribution in [2.45, 2.75) is 43.0 Å². The Morgan fingerprint density at radius 3 is 2.90 bits per heavy atom. The average molecular weight is 291 g/mol. The lowest BCUT2D eigenvalue weighted by Gasteiger charge is -2.31. The molecule has 2 heterocycles. The van der Waals surface area contributed by atoms with E-state index in [1.54, 1.807) is 10.4 Å². The first-order valence-corrected chi connectivity index (χ1v) is 8.45. The topological polar surface area (TPSA) is 74.1 Å². The first-order chi connectivity index (χ1) is 9.64. The second kappa shape index (κ2) is 5.15. The van der Waals surface area contributed by atoms with Crippen molar-refractivity contribution < 1.29 is 8.42 Å². The highest BCUT2D eigenvalue weighted by atomic mass is 32.2. The second-order valence-corrected chi connectivity index (χ2v) is 7.34. The summed E-state index contributed by atoms with van der Waals surface area (Å²) < 4.78 is 27.2. The van der Waals surface area contributed by atoms with Crippen LogP contribution in [-0.4, -0.2) is 30.3 Å². The lowest BCUT2D eigenvalue weighted by Crippen LogP contribution is -2.39. The molecule has 0 aromatic carbocycles. The molecule has 2 fully saturated rings. The third kappa shape index (κ3) is 2.11. The number of rotatable bonds is 2. The van der Waals surface area contributed by atoms with E-state index in [9.17, 15) is 8.42 Å². The first-order valence-electron chi connectivity index (χ1n) is 7.01. The molecule has 2 aliphatic rings. The molecule has 20 heavy (non-hydrogen) atoms. The highest BCUT2D eigenvalue weighted by molar-refractivity contribution is 7.89. The molecule has 1 aromatic heterocycles. The maximum atomic E-state index is 12.8. The normalized spacial score (nSPS) is 26.9. The van der Waals surface area contributed by atoms with Crippen LogP contribution in [0.1, 0.15) is 37.8 Å². The quantitative estimate of drug-likeness (QED) is 0.834. The molecule has 1 aliphatic carbocycles. The van der Waals surface area contributed by atoms with Gasteiger partial charge >= 0.3 is 0 Å². The summed E-state index contributed by atoms with van der Waals surface area (Å²) in [4.78, 5) is 3.92. The average Bonchev–Trinajstić information content (AvgIpc) is 2.92. The smallest absolute Gasteiger partial charge is 0.244 e. The molecule has 1 aromatic rings. The van der Waals surface area contributed by atoms with Crippen LogP contribution >= 0.6 is 0 Å². The monoisotopic (exact) mass is 291 g/mol. The molecule has 0 amide bonds. The Hall–Kier alpha value is -1.45. The third-order valence-electron chi connectivity index (χ3n) is 4.42. The Bertz CT molecular complexity index is 651. The minimum atomic E-state index is -3.60. The Balaban J connectivity index is 1.98. The summed E-state index contributed by atoms with van der Waals surface area (Å²) in [6, 6.07) is 5.05. The number of hydrogen-bond donors (Lipinski definition) is 0. The van der Waals surface area contributed by atoms with Crippen LogP contribution in [0.15, 0.2) is 23.2 Å². The van der Waals surface area contributed by atoms with Crippen molar-refractivity contribution in [2.75, 3.05) is 6.54 Å². The molecular formula is C14H17N3O2S. The molecule has 1 saturated carbocycles. The molecule has 5 nitrogen and oxygen atoms in total. The number of aromatic nitrogens is 1. The zero-order valence-electron chi connectivity index (χ0n) is 11.2. The van der Waals surface area contributed by atoms with E-state index < -0.39 is 10.0 Å². The summed E-state index contributed by atoms with van der Waals surface area (Å²) in [5, 5.41) is 9.06. The highest BCUT2D eigenvalue weighted by Crippen LogP contribution is 2.39. The van der Waals surface area contributed by atoms with Gasteiger partial charge in [0.05, 0.1) is 0 Å². The van der Waals surface area contributed by atoms with E-state index in [-0.39, 0.29) is 16.6 Å². The summed E-state index contributed by atoms with van der Waals surface area (Å²) >= 11 is 0. The van der Waals surface area contributed by atoms with Gasteiger partial charge in [0.15, 0.2) is 5.69 Å². The van der Waals surface area contributed by atoms with E-state index in [1.807, 2.05) is 6.07 Å². The minimum absolute atomic E-state index is 0.00763. The Morgan fingerprint density at radius 2 is 2.10 bits per heavy atom. The molecule has 0 radical (unpaired) electrons. The molecule has 3 rings (SSSR count). The van der Waals surface area contributed by atoms with Crippen molar-refractivity contribution in [3.63, 3.8) is 0 Å². The Morgan fingerprint density at radius 1 is 1.30 bits per heavy atom. The summed E-state index contributed by atoms with van der Waals surface area (Å²) in [7, 11) is -3.60. The van der Waals surface area contributed by atoms with Gasteiger partial charge in [0, 0.05) is 18.8 Å². The van der Waals surface area contributed by atoms with Crippen LogP contribution in [0.2, 0.25) is 0 Å². The van der Waals surface area contributed by atoms with Crippen molar-refractivity contribution in [1.82, 2.24) is 9.29 Å². The van der Waals surface area contributed by atoms with Crippen LogP contribution in [0, 0.1) is 17.2 Å². The van der Waals surface area contributed by atoms with Gasteiger partial charge in [-0.25, -0.2) is 13.4 Å². The third-order valence-corrected chi connectivity index (χ3v) is 6.38. The van der Waals surface area contributed by atoms with Crippen LogP contribution in [0.4, 0.5) is 0 Å². The fraction of sp³-hybridized carbons (Fsp3) is 0.571. The van der Waals surface area contributed by atoms with Crippen molar-refractivity contribution in [2.24, 2.45) is 5.92 Å². The minimum Gasteiger partial charge on any atom is -0.244 e. The summed E-state index contributed by atoms with van der Waals surface area (Å²) in [6.45, 7) is 0.567. The van der Waals surface area contributed by atoms with Crippen molar-refractivity contribution in [3.05, 3.63) is 24.0 Å². The Kier molecular flexibility index (Phi) is 3.48. The lowest BCUT2D eigenvalue weighted by atomic mass is 9.86. The number of pyridine rings is 1. The largest absolute Gasteiger partial charge is 0.246 e. The van der Waals surface area contributed by atoms with Gasteiger partial charge in [-0.05, 0) is 37.3 Å². The van der Waals surface area contributed by atoms with Crippen LogP contribution in [0.25, 0.3) is 0 Å². The zero-order valence-corrected chi connectivity index (χ0v) is 12.0. The van der Waals surface area contributed by atoms with Crippen molar-refractivity contribution in [1.29, 1.82) is 5.26 Å². The van der Waals surface area contributed by atoms with E-state index in [1.165, 1.54) is 18.7 Å². The molecule has 1 aliphatic heterocycles. The number of fused-ring (bicyclic) bond motifs is 1. The number of hydrogen-bond acceptors (Lipinski definition) is 4. The van der Waals surface area contributed by atoms with Crippen LogP contribution in [0.3, 0.4) is 0 Å². The molecule has 0 N–H and O–H groups in total. The van der Waals surface area contributed by atoms with Crippen LogP contribution in [0.5, 0.6) is 0 Å². The molecule has 6 heteroatoms. The van der Waals surface area contributed by atoms with E-state index in [2.05, 4.69) is 4.98 Å². The maximum absolute atomic E-state index is 12.8. The predicted molar refractivity (Wildman–Crippen MR) is 73.2 cm³/mol. The van der Waals surface area contributed by atoms with Gasteiger partial charge in [0.1, 0.15) is 11.0 Å². The maximum Gasteiger partial charge on any atom is 0.246 e. The van der Waals surface area contributed by atoms with E-state index in [0.29, 0.717) is 12.5 Å². The van der Waals surface area contributed by atoms with E-state index in [0.717, 1.165) is 25.7 Å². The van der Waals surface area contributed by atoms with Gasteiger partial charge < -0.3 is 0 Å². The summed E-state index contributed by atoms with van der Waals surface area (Å²) in [5.41, 5.74) is -0.00763. The highest BCUT2D eigenvalue weighted by Gasteiger charge is 2.43. The molecule has 2 unspecified atom stereocenters. The van der Waals surface area contributed by atoms with E-state index >= 15 is 0 Å². The van der Waals surface area contributed by atoms with Crippen molar-refractivity contribution in [3.8, 4) is 6.07 Å². The fourth-order valence-electron chi connectivity index (χ4n) is 3.47. The lowest BCUT2D eigenvalue weighted by molar-refractivity contribution is 0.260. The van der Waals surface area contributed by atoms with Crippen LogP contribution in [-0.2, 0) is 10.0 Å². The molecule has 0 spiro atoms. The van der Waals surface area contributed by atoms with E-state index in [4.69, 9.17) is 5.26 Å². The van der Waals surface area contributed by atoms with Gasteiger partial charge in [0.25, 0.3) is 0 Å². The van der Waals surface area contributed by atoms with Gasteiger partial charge in [0.2, 0.25) is 10.0 Å². The molecule has 106 valence electrons. The van der Waals surface area contributed by atoms with Gasteiger partial charge in [-0.1, -0.05) is 12.8 Å². The first kappa shape index (κ1) is 13.5. The number of sulfonamides is 1. The molecule has 2 atom stereocenters. The summed E-state index contributed by atoms with van der Waals surface area (Å²) in [5.74, 6) is 0.487. The number of nitrogens with zero attached hydrogens (tertiary/aromatic N) is 3. The van der Waals surface area contributed by atoms with Crippen LogP contribution < -0.4 is 0 Å². The van der Waals surface area contributed by atoms with Gasteiger partial charge in [-0.2, -0.15) is 9.57 Å². The van der Waals surface area contributed by atoms with Crippen molar-refractivity contribution >= 4 is 10.0 Å². The van der Waals surface area contributed by atoms with Gasteiger partial charge in [-0.15, -0.1) is 0 Å². The predicted octanol–water partition coefficient (Wildman–Crippen LogP) is 1.91. The standard InChI is InChI=1S/C14H17N3O2S/c15-10-12-14(6-3-8-16-12)20(18,19)17-9-7-11-4-1-2-5-13(11)17/h3,6,8,11,13H,1-2,4-5,7,9H2. The molecule has 0 bridgehead atoms. The number of nitriles is 1. The summed E-state index contributed by atoms with van der Waals surface area (Å²) in [6.07, 6.45) is 6.73.